The molecule has 0 saturated heterocycles. The maximum Gasteiger partial charge on any atom is 0.338 e. The monoisotopic (exact) mass is 252 g/mol. The third-order valence-corrected chi connectivity index (χ3v) is 2.79. The van der Waals surface area contributed by atoms with E-state index in [1.165, 1.54) is 18.2 Å². The molecular formula is C12H12O6. The SMILES string of the molecule is COC(=O)C(O)C(O)c1ccc2c(c1)COC2=O. The first kappa shape index (κ1) is 12.5. The van der Waals surface area contributed by atoms with Crippen LogP contribution in [-0.2, 0) is 20.9 Å². The number of carbonyl (C=O) groups excluding carboxylic acids is 2. The van der Waals surface area contributed by atoms with Gasteiger partial charge in [0.15, 0.2) is 6.10 Å². The lowest BCUT2D eigenvalue weighted by Gasteiger charge is -2.16. The largest absolute Gasteiger partial charge is 0.467 e. The number of benzene rings is 1. The smallest absolute Gasteiger partial charge is 0.338 e. The first-order valence-electron chi connectivity index (χ1n) is 5.28. The van der Waals surface area contributed by atoms with Crippen LogP contribution in [0, 0.1) is 0 Å². The van der Waals surface area contributed by atoms with Gasteiger partial charge < -0.3 is 19.7 Å². The second-order valence-corrected chi connectivity index (χ2v) is 3.91. The van der Waals surface area contributed by atoms with Crippen LogP contribution in [0.2, 0.25) is 0 Å². The molecule has 18 heavy (non-hydrogen) atoms. The Bertz CT molecular complexity index is 495. The van der Waals surface area contributed by atoms with Crippen LogP contribution in [0.4, 0.5) is 0 Å². The van der Waals surface area contributed by atoms with Gasteiger partial charge in [0.1, 0.15) is 12.7 Å². The van der Waals surface area contributed by atoms with Crippen molar-refractivity contribution in [3.05, 3.63) is 34.9 Å². The van der Waals surface area contributed by atoms with Gasteiger partial charge in [-0.15, -0.1) is 0 Å². The summed E-state index contributed by atoms with van der Waals surface area (Å²) in [4.78, 5) is 22.3. The van der Waals surface area contributed by atoms with E-state index in [1.54, 1.807) is 0 Å². The molecule has 2 unspecified atom stereocenters. The molecule has 0 spiro atoms. The fourth-order valence-electron chi connectivity index (χ4n) is 1.77. The van der Waals surface area contributed by atoms with E-state index in [4.69, 9.17) is 4.74 Å². The van der Waals surface area contributed by atoms with Crippen molar-refractivity contribution < 1.29 is 29.3 Å². The van der Waals surface area contributed by atoms with Crippen molar-refractivity contribution in [3.63, 3.8) is 0 Å². The first-order chi connectivity index (χ1) is 8.54. The Morgan fingerprint density at radius 3 is 2.83 bits per heavy atom. The van der Waals surface area contributed by atoms with E-state index in [1.807, 2.05) is 0 Å². The molecule has 6 nitrogen and oxygen atoms in total. The molecule has 0 aliphatic carbocycles. The minimum atomic E-state index is -1.66. The Morgan fingerprint density at radius 2 is 2.17 bits per heavy atom. The second kappa shape index (κ2) is 4.75. The van der Waals surface area contributed by atoms with Crippen molar-refractivity contribution >= 4 is 11.9 Å². The maximum atomic E-state index is 11.2. The fourth-order valence-corrected chi connectivity index (χ4v) is 1.77. The molecule has 0 fully saturated rings. The third-order valence-electron chi connectivity index (χ3n) is 2.79. The third kappa shape index (κ3) is 2.07. The minimum absolute atomic E-state index is 0.128. The summed E-state index contributed by atoms with van der Waals surface area (Å²) in [5, 5.41) is 19.3. The number of aliphatic hydroxyl groups excluding tert-OH is 2. The number of hydrogen-bond donors (Lipinski definition) is 2. The summed E-state index contributed by atoms with van der Waals surface area (Å²) < 4.78 is 9.15. The number of cyclic esters (lactones) is 1. The highest BCUT2D eigenvalue weighted by molar-refractivity contribution is 5.93. The Balaban J connectivity index is 2.25. The number of methoxy groups -OCH3 is 1. The molecule has 0 bridgehead atoms. The number of rotatable bonds is 3. The van der Waals surface area contributed by atoms with Gasteiger partial charge in [-0.2, -0.15) is 0 Å². The summed E-state index contributed by atoms with van der Waals surface area (Å²) in [6, 6.07) is 4.48. The molecule has 1 heterocycles. The number of carbonyl (C=O) groups is 2. The van der Waals surface area contributed by atoms with Crippen LogP contribution in [0.25, 0.3) is 0 Å². The lowest BCUT2D eigenvalue weighted by Crippen LogP contribution is -2.29. The van der Waals surface area contributed by atoms with Gasteiger partial charge in [-0.05, 0) is 17.7 Å². The molecule has 0 radical (unpaired) electrons. The predicted octanol–water partition coefficient (Wildman–Crippen LogP) is -0.0757. The van der Waals surface area contributed by atoms with Crippen LogP contribution in [-0.4, -0.2) is 35.4 Å². The summed E-state index contributed by atoms with van der Waals surface area (Å²) >= 11 is 0. The molecule has 2 atom stereocenters. The van der Waals surface area contributed by atoms with Gasteiger partial charge in [0.25, 0.3) is 0 Å². The quantitative estimate of drug-likeness (QED) is 0.731. The predicted molar refractivity (Wildman–Crippen MR) is 58.5 cm³/mol. The lowest BCUT2D eigenvalue weighted by atomic mass is 9.99. The van der Waals surface area contributed by atoms with E-state index in [9.17, 15) is 19.8 Å². The highest BCUT2D eigenvalue weighted by Crippen LogP contribution is 2.25. The van der Waals surface area contributed by atoms with Gasteiger partial charge in [0.2, 0.25) is 0 Å². The first-order valence-corrected chi connectivity index (χ1v) is 5.28. The number of esters is 2. The Kier molecular flexibility index (Phi) is 3.31. The standard InChI is InChI=1S/C12H12O6/c1-17-12(16)10(14)9(13)6-2-3-8-7(4-6)5-18-11(8)15/h2-4,9-10,13-14H,5H2,1H3. The number of hydrogen-bond acceptors (Lipinski definition) is 6. The molecule has 2 rings (SSSR count). The topological polar surface area (TPSA) is 93.1 Å². The second-order valence-electron chi connectivity index (χ2n) is 3.91. The molecule has 6 heteroatoms. The highest BCUT2D eigenvalue weighted by atomic mass is 16.5. The zero-order valence-electron chi connectivity index (χ0n) is 9.62. The summed E-state index contributed by atoms with van der Waals surface area (Å²) in [5.74, 6) is -1.34. The van der Waals surface area contributed by atoms with Crippen LogP contribution < -0.4 is 0 Å². The van der Waals surface area contributed by atoms with Crippen LogP contribution in [0.5, 0.6) is 0 Å². The Hall–Kier alpha value is -1.92. The molecule has 1 aliphatic rings. The summed E-state index contributed by atoms with van der Waals surface area (Å²) in [6.45, 7) is 0.128. The molecule has 1 aromatic rings. The van der Waals surface area contributed by atoms with E-state index in [2.05, 4.69) is 4.74 Å². The lowest BCUT2D eigenvalue weighted by molar-refractivity contribution is -0.156. The normalized spacial score (nSPS) is 16.7. The fraction of sp³-hybridized carbons (Fsp3) is 0.333. The Morgan fingerprint density at radius 1 is 1.44 bits per heavy atom. The Labute approximate surface area is 103 Å². The molecule has 96 valence electrons. The van der Waals surface area contributed by atoms with E-state index in [0.29, 0.717) is 16.7 Å². The molecule has 1 aliphatic heterocycles. The number of aliphatic hydroxyl groups is 2. The van der Waals surface area contributed by atoms with Gasteiger partial charge >= 0.3 is 11.9 Å². The van der Waals surface area contributed by atoms with Gasteiger partial charge in [-0.25, -0.2) is 9.59 Å². The number of ether oxygens (including phenoxy) is 2. The molecule has 0 saturated carbocycles. The van der Waals surface area contributed by atoms with Gasteiger partial charge in [0, 0.05) is 5.56 Å². The van der Waals surface area contributed by atoms with Crippen molar-refractivity contribution in [3.8, 4) is 0 Å². The van der Waals surface area contributed by atoms with Crippen LogP contribution >= 0.6 is 0 Å². The summed E-state index contributed by atoms with van der Waals surface area (Å²) in [6.07, 6.45) is -3.07. The molecule has 2 N–H and O–H groups in total. The van der Waals surface area contributed by atoms with E-state index in [-0.39, 0.29) is 6.61 Å². The van der Waals surface area contributed by atoms with Crippen LogP contribution in [0.15, 0.2) is 18.2 Å². The minimum Gasteiger partial charge on any atom is -0.467 e. The zero-order valence-corrected chi connectivity index (χ0v) is 9.62. The summed E-state index contributed by atoms with van der Waals surface area (Å²) in [7, 11) is 1.12. The maximum absolute atomic E-state index is 11.2. The van der Waals surface area contributed by atoms with Crippen molar-refractivity contribution in [1.29, 1.82) is 0 Å². The van der Waals surface area contributed by atoms with E-state index < -0.39 is 24.1 Å². The summed E-state index contributed by atoms with van der Waals surface area (Å²) in [5.41, 5.74) is 1.37. The van der Waals surface area contributed by atoms with Crippen LogP contribution in [0.3, 0.4) is 0 Å². The van der Waals surface area contributed by atoms with Gasteiger partial charge in [0.05, 0.1) is 12.7 Å². The van der Waals surface area contributed by atoms with Crippen LogP contribution in [0.1, 0.15) is 27.6 Å². The van der Waals surface area contributed by atoms with Crippen molar-refractivity contribution in [2.45, 2.75) is 18.8 Å². The zero-order chi connectivity index (χ0) is 13.3. The number of fused-ring (bicyclic) bond motifs is 1. The van der Waals surface area contributed by atoms with Crippen molar-refractivity contribution in [2.75, 3.05) is 7.11 Å². The highest BCUT2D eigenvalue weighted by Gasteiger charge is 2.28. The van der Waals surface area contributed by atoms with E-state index >= 15 is 0 Å². The van der Waals surface area contributed by atoms with Crippen molar-refractivity contribution in [2.24, 2.45) is 0 Å². The molecular weight excluding hydrogens is 240 g/mol. The van der Waals surface area contributed by atoms with Gasteiger partial charge in [-0.1, -0.05) is 6.07 Å². The van der Waals surface area contributed by atoms with E-state index in [0.717, 1.165) is 7.11 Å². The molecule has 1 aromatic carbocycles. The molecule has 0 aromatic heterocycles. The van der Waals surface area contributed by atoms with Crippen molar-refractivity contribution in [1.82, 2.24) is 0 Å². The molecule has 0 amide bonds. The average Bonchev–Trinajstić information content (AvgIpc) is 2.77. The average molecular weight is 252 g/mol. The van der Waals surface area contributed by atoms with Gasteiger partial charge in [-0.3, -0.25) is 0 Å².